The number of nitro benzene ring substituents is 1. The molecule has 2 rings (SSSR count). The van der Waals surface area contributed by atoms with E-state index in [0.717, 1.165) is 19.3 Å². The number of nitrogens with one attached hydrogen (secondary N) is 1. The van der Waals surface area contributed by atoms with Crippen LogP contribution in [0.25, 0.3) is 0 Å². The molecule has 7 heteroatoms. The highest BCUT2D eigenvalue weighted by molar-refractivity contribution is 6.31. The standard InChI is InChI=1S/C12H12Cl2N2O3/c13-7-12(4-1-5-12)15-11(17)9-6-8(14)2-3-10(9)16(18)19/h2-3,6H,1,4-5,7H2,(H,15,17). The quantitative estimate of drug-likeness (QED) is 0.527. The highest BCUT2D eigenvalue weighted by atomic mass is 35.5. The third-order valence-corrected chi connectivity index (χ3v) is 4.09. The summed E-state index contributed by atoms with van der Waals surface area (Å²) < 4.78 is 0. The van der Waals surface area contributed by atoms with Gasteiger partial charge in [-0.1, -0.05) is 11.6 Å². The van der Waals surface area contributed by atoms with E-state index in [4.69, 9.17) is 23.2 Å². The fraction of sp³-hybridized carbons (Fsp3) is 0.417. The lowest BCUT2D eigenvalue weighted by Gasteiger charge is -2.40. The number of hydrogen-bond donors (Lipinski definition) is 1. The number of halogens is 2. The first-order valence-electron chi connectivity index (χ1n) is 5.80. The third kappa shape index (κ3) is 2.82. The zero-order valence-electron chi connectivity index (χ0n) is 9.99. The van der Waals surface area contributed by atoms with Crippen molar-refractivity contribution in [3.63, 3.8) is 0 Å². The van der Waals surface area contributed by atoms with E-state index >= 15 is 0 Å². The molecule has 1 aromatic carbocycles. The summed E-state index contributed by atoms with van der Waals surface area (Å²) in [5.74, 6) is -0.206. The van der Waals surface area contributed by atoms with Gasteiger partial charge in [0.1, 0.15) is 5.56 Å². The number of alkyl halides is 1. The molecule has 1 N–H and O–H groups in total. The van der Waals surface area contributed by atoms with Crippen LogP contribution in [-0.4, -0.2) is 22.2 Å². The van der Waals surface area contributed by atoms with E-state index < -0.39 is 16.4 Å². The predicted molar refractivity (Wildman–Crippen MR) is 72.9 cm³/mol. The van der Waals surface area contributed by atoms with Gasteiger partial charge in [-0.25, -0.2) is 0 Å². The van der Waals surface area contributed by atoms with E-state index in [0.29, 0.717) is 5.88 Å². The largest absolute Gasteiger partial charge is 0.345 e. The lowest BCUT2D eigenvalue weighted by molar-refractivity contribution is -0.385. The van der Waals surface area contributed by atoms with Crippen molar-refractivity contribution in [2.45, 2.75) is 24.8 Å². The second-order valence-corrected chi connectivity index (χ2v) is 5.34. The molecular weight excluding hydrogens is 291 g/mol. The van der Waals surface area contributed by atoms with Crippen molar-refractivity contribution in [2.75, 3.05) is 5.88 Å². The van der Waals surface area contributed by atoms with Crippen LogP contribution < -0.4 is 5.32 Å². The number of carbonyl (C=O) groups excluding carboxylic acids is 1. The number of amides is 1. The summed E-state index contributed by atoms with van der Waals surface area (Å²) in [5.41, 5.74) is -0.728. The van der Waals surface area contributed by atoms with Crippen molar-refractivity contribution in [2.24, 2.45) is 0 Å². The molecule has 0 unspecified atom stereocenters. The van der Waals surface area contributed by atoms with Gasteiger partial charge in [0, 0.05) is 17.0 Å². The number of nitrogens with zero attached hydrogens (tertiary/aromatic N) is 1. The first-order valence-corrected chi connectivity index (χ1v) is 6.71. The molecule has 0 aliphatic heterocycles. The Morgan fingerprint density at radius 1 is 1.47 bits per heavy atom. The van der Waals surface area contributed by atoms with E-state index in [9.17, 15) is 14.9 Å². The zero-order chi connectivity index (χ0) is 14.0. The molecule has 5 nitrogen and oxygen atoms in total. The van der Waals surface area contributed by atoms with E-state index in [-0.39, 0.29) is 16.3 Å². The number of nitro groups is 1. The SMILES string of the molecule is O=C(NC1(CCl)CCC1)c1cc(Cl)ccc1[N+](=O)[O-]. The molecule has 0 heterocycles. The lowest BCUT2D eigenvalue weighted by atomic mass is 9.78. The smallest absolute Gasteiger partial charge is 0.282 e. The van der Waals surface area contributed by atoms with Crippen molar-refractivity contribution in [3.05, 3.63) is 38.9 Å². The zero-order valence-corrected chi connectivity index (χ0v) is 11.5. The normalized spacial score (nSPS) is 16.5. The predicted octanol–water partition coefficient (Wildman–Crippen LogP) is 3.14. The Bertz CT molecular complexity index is 524. The van der Waals surface area contributed by atoms with Crippen LogP contribution >= 0.6 is 23.2 Å². The fourth-order valence-electron chi connectivity index (χ4n) is 2.05. The van der Waals surface area contributed by atoms with E-state index in [1.165, 1.54) is 18.2 Å². The molecule has 1 fully saturated rings. The van der Waals surface area contributed by atoms with Crippen LogP contribution in [0.4, 0.5) is 5.69 Å². The summed E-state index contributed by atoms with van der Waals surface area (Å²) in [4.78, 5) is 22.5. The minimum atomic E-state index is -0.598. The molecular formula is C12H12Cl2N2O3. The highest BCUT2D eigenvalue weighted by Gasteiger charge is 2.38. The lowest BCUT2D eigenvalue weighted by Crippen LogP contribution is -2.55. The first kappa shape index (κ1) is 14.1. The number of hydrogen-bond acceptors (Lipinski definition) is 3. The average Bonchev–Trinajstić information content (AvgIpc) is 2.33. The van der Waals surface area contributed by atoms with Crippen LogP contribution in [0.1, 0.15) is 29.6 Å². The molecule has 1 aromatic rings. The topological polar surface area (TPSA) is 72.2 Å². The number of benzene rings is 1. The summed E-state index contributed by atoms with van der Waals surface area (Å²) in [6.45, 7) is 0. The van der Waals surface area contributed by atoms with Gasteiger partial charge in [-0.05, 0) is 31.4 Å². The Kier molecular flexibility index (Phi) is 3.96. The van der Waals surface area contributed by atoms with Crippen molar-refractivity contribution < 1.29 is 9.72 Å². The summed E-state index contributed by atoms with van der Waals surface area (Å²) in [6, 6.07) is 3.91. The van der Waals surface area contributed by atoms with Crippen molar-refractivity contribution in [1.29, 1.82) is 0 Å². The van der Waals surface area contributed by atoms with Gasteiger partial charge in [0.05, 0.1) is 10.5 Å². The maximum atomic E-state index is 12.2. The molecule has 0 bridgehead atoms. The average molecular weight is 303 g/mol. The van der Waals surface area contributed by atoms with E-state index in [1.54, 1.807) is 0 Å². The van der Waals surface area contributed by atoms with Crippen molar-refractivity contribution in [1.82, 2.24) is 5.32 Å². The summed E-state index contributed by atoms with van der Waals surface area (Å²) in [7, 11) is 0. The van der Waals surface area contributed by atoms with Crippen LogP contribution in [-0.2, 0) is 0 Å². The van der Waals surface area contributed by atoms with Crippen LogP contribution in [0.2, 0.25) is 5.02 Å². The molecule has 102 valence electrons. The minimum absolute atomic E-state index is 0.0334. The molecule has 1 saturated carbocycles. The highest BCUT2D eigenvalue weighted by Crippen LogP contribution is 2.34. The van der Waals surface area contributed by atoms with Gasteiger partial charge in [-0.15, -0.1) is 11.6 Å². The van der Waals surface area contributed by atoms with Crippen LogP contribution in [0.3, 0.4) is 0 Å². The Morgan fingerprint density at radius 2 is 2.16 bits per heavy atom. The van der Waals surface area contributed by atoms with Gasteiger partial charge in [0.2, 0.25) is 0 Å². The molecule has 0 aromatic heterocycles. The van der Waals surface area contributed by atoms with Gasteiger partial charge in [0.15, 0.2) is 0 Å². The number of rotatable bonds is 4. The summed E-state index contributed by atoms with van der Waals surface area (Å²) >= 11 is 11.6. The van der Waals surface area contributed by atoms with Gasteiger partial charge < -0.3 is 5.32 Å². The Labute approximate surface area is 120 Å². The molecule has 1 aliphatic rings. The molecule has 1 aliphatic carbocycles. The maximum Gasteiger partial charge on any atom is 0.282 e. The molecule has 0 atom stereocenters. The number of carbonyl (C=O) groups is 1. The van der Waals surface area contributed by atoms with Crippen LogP contribution in [0.5, 0.6) is 0 Å². The molecule has 0 radical (unpaired) electrons. The monoisotopic (exact) mass is 302 g/mol. The Hall–Kier alpha value is -1.33. The minimum Gasteiger partial charge on any atom is -0.345 e. The molecule has 0 saturated heterocycles. The van der Waals surface area contributed by atoms with Crippen LogP contribution in [0, 0.1) is 10.1 Å². The second-order valence-electron chi connectivity index (χ2n) is 4.64. The van der Waals surface area contributed by atoms with Crippen molar-refractivity contribution in [3.8, 4) is 0 Å². The van der Waals surface area contributed by atoms with E-state index in [2.05, 4.69) is 5.32 Å². The Balaban J connectivity index is 2.28. The molecule has 0 spiro atoms. The second kappa shape index (κ2) is 5.35. The van der Waals surface area contributed by atoms with Gasteiger partial charge >= 0.3 is 0 Å². The van der Waals surface area contributed by atoms with Gasteiger partial charge in [-0.2, -0.15) is 0 Å². The van der Waals surface area contributed by atoms with Gasteiger partial charge in [-0.3, -0.25) is 14.9 Å². The van der Waals surface area contributed by atoms with Crippen molar-refractivity contribution >= 4 is 34.8 Å². The molecule has 19 heavy (non-hydrogen) atoms. The first-order chi connectivity index (χ1) is 8.97. The Morgan fingerprint density at radius 3 is 2.63 bits per heavy atom. The van der Waals surface area contributed by atoms with Crippen LogP contribution in [0.15, 0.2) is 18.2 Å². The third-order valence-electron chi connectivity index (χ3n) is 3.35. The summed E-state index contributed by atoms with van der Waals surface area (Å²) in [5, 5.41) is 14.0. The van der Waals surface area contributed by atoms with Gasteiger partial charge in [0.25, 0.3) is 11.6 Å². The maximum absolute atomic E-state index is 12.2. The summed E-state index contributed by atoms with van der Waals surface area (Å²) in [6.07, 6.45) is 2.57. The van der Waals surface area contributed by atoms with E-state index in [1.807, 2.05) is 0 Å². The molecule has 1 amide bonds. The fourth-order valence-corrected chi connectivity index (χ4v) is 2.56.